The molecule has 0 aliphatic carbocycles. The first kappa shape index (κ1) is 15.3. The summed E-state index contributed by atoms with van der Waals surface area (Å²) >= 11 is 20.8. The number of hydrogen-bond acceptors (Lipinski definition) is 4. The highest BCUT2D eigenvalue weighted by atomic mass is 79.9. The molecule has 2 rings (SSSR count). The standard InChI is InChI=1S/C11H4BrCl3N2O3/c12-6-3-8(14)9(4-7(6)13)20-11-2-5(17(18)19)1-10(15)16-11/h1-4H. The van der Waals surface area contributed by atoms with Crippen LogP contribution in [0, 0.1) is 10.1 Å². The predicted octanol–water partition coefficient (Wildman–Crippen LogP) is 5.50. The van der Waals surface area contributed by atoms with Gasteiger partial charge >= 0.3 is 0 Å². The van der Waals surface area contributed by atoms with E-state index in [-0.39, 0.29) is 27.5 Å². The van der Waals surface area contributed by atoms with Gasteiger partial charge in [0.15, 0.2) is 0 Å². The Balaban J connectivity index is 2.40. The highest BCUT2D eigenvalue weighted by Gasteiger charge is 2.14. The first-order valence-electron chi connectivity index (χ1n) is 5.01. The summed E-state index contributed by atoms with van der Waals surface area (Å²) in [7, 11) is 0. The molecule has 0 atom stereocenters. The molecule has 0 radical (unpaired) electrons. The summed E-state index contributed by atoms with van der Waals surface area (Å²) in [6.07, 6.45) is 0. The molecule has 5 nitrogen and oxygen atoms in total. The maximum absolute atomic E-state index is 10.7. The Hall–Kier alpha value is -1.08. The van der Waals surface area contributed by atoms with Gasteiger partial charge in [0.25, 0.3) is 5.69 Å². The van der Waals surface area contributed by atoms with Crippen LogP contribution in [-0.4, -0.2) is 9.91 Å². The third-order valence-corrected chi connectivity index (χ3v) is 3.84. The zero-order chi connectivity index (χ0) is 14.9. The van der Waals surface area contributed by atoms with E-state index >= 15 is 0 Å². The van der Waals surface area contributed by atoms with Crippen LogP contribution in [0.3, 0.4) is 0 Å². The summed E-state index contributed by atoms with van der Waals surface area (Å²) in [6.45, 7) is 0. The molecule has 1 heterocycles. The predicted molar refractivity (Wildman–Crippen MR) is 80.1 cm³/mol. The van der Waals surface area contributed by atoms with Gasteiger partial charge in [-0.2, -0.15) is 0 Å². The number of halogens is 4. The Morgan fingerprint density at radius 3 is 2.50 bits per heavy atom. The summed E-state index contributed by atoms with van der Waals surface area (Å²) in [5.41, 5.74) is -0.237. The third-order valence-electron chi connectivity index (χ3n) is 2.16. The fourth-order valence-electron chi connectivity index (χ4n) is 1.31. The number of benzene rings is 1. The number of nitro groups is 1. The molecule has 0 spiro atoms. The Kier molecular flexibility index (Phi) is 4.70. The highest BCUT2D eigenvalue weighted by molar-refractivity contribution is 9.10. The van der Waals surface area contributed by atoms with E-state index < -0.39 is 4.92 Å². The van der Waals surface area contributed by atoms with Crippen molar-refractivity contribution in [1.29, 1.82) is 0 Å². The zero-order valence-electron chi connectivity index (χ0n) is 9.44. The first-order valence-corrected chi connectivity index (χ1v) is 6.94. The van der Waals surface area contributed by atoms with Gasteiger partial charge in [-0.05, 0) is 22.0 Å². The fraction of sp³-hybridized carbons (Fsp3) is 0. The Morgan fingerprint density at radius 2 is 1.85 bits per heavy atom. The van der Waals surface area contributed by atoms with Gasteiger partial charge in [0.1, 0.15) is 10.9 Å². The molecule has 0 aliphatic rings. The van der Waals surface area contributed by atoms with Crippen molar-refractivity contribution in [2.24, 2.45) is 0 Å². The van der Waals surface area contributed by atoms with Crippen LogP contribution < -0.4 is 4.74 Å². The van der Waals surface area contributed by atoms with Crippen molar-refractivity contribution in [1.82, 2.24) is 4.98 Å². The monoisotopic (exact) mass is 396 g/mol. The van der Waals surface area contributed by atoms with Crippen LogP contribution >= 0.6 is 50.7 Å². The van der Waals surface area contributed by atoms with E-state index in [1.54, 1.807) is 0 Å². The highest BCUT2D eigenvalue weighted by Crippen LogP contribution is 2.36. The van der Waals surface area contributed by atoms with Crippen LogP contribution in [0.5, 0.6) is 11.6 Å². The topological polar surface area (TPSA) is 65.3 Å². The summed E-state index contributed by atoms with van der Waals surface area (Å²) in [5.74, 6) is 0.161. The summed E-state index contributed by atoms with van der Waals surface area (Å²) in [5, 5.41) is 11.3. The van der Waals surface area contributed by atoms with Gasteiger partial charge in [0.05, 0.1) is 27.1 Å². The second-order valence-corrected chi connectivity index (χ2v) is 5.60. The molecule has 0 unspecified atom stereocenters. The van der Waals surface area contributed by atoms with Crippen LogP contribution in [0.15, 0.2) is 28.7 Å². The van der Waals surface area contributed by atoms with Gasteiger partial charge in [0.2, 0.25) is 5.88 Å². The van der Waals surface area contributed by atoms with Crippen LogP contribution in [0.25, 0.3) is 0 Å². The van der Waals surface area contributed by atoms with Crippen LogP contribution in [0.2, 0.25) is 15.2 Å². The maximum atomic E-state index is 10.7. The van der Waals surface area contributed by atoms with Crippen molar-refractivity contribution in [3.8, 4) is 11.6 Å². The molecule has 0 fully saturated rings. The molecule has 1 aromatic heterocycles. The van der Waals surface area contributed by atoms with E-state index in [0.717, 1.165) is 12.1 Å². The van der Waals surface area contributed by atoms with Crippen LogP contribution in [-0.2, 0) is 0 Å². The van der Waals surface area contributed by atoms with Gasteiger partial charge in [-0.3, -0.25) is 10.1 Å². The van der Waals surface area contributed by atoms with Crippen molar-refractivity contribution in [3.05, 3.63) is 54.1 Å². The van der Waals surface area contributed by atoms with Gasteiger partial charge in [-0.1, -0.05) is 34.8 Å². The zero-order valence-corrected chi connectivity index (χ0v) is 13.3. The number of hydrogen-bond donors (Lipinski definition) is 0. The molecule has 0 saturated carbocycles. The maximum Gasteiger partial charge on any atom is 0.277 e. The van der Waals surface area contributed by atoms with Crippen molar-refractivity contribution >= 4 is 56.4 Å². The SMILES string of the molecule is O=[N+]([O-])c1cc(Cl)nc(Oc2cc(Cl)c(Br)cc2Cl)c1. The van der Waals surface area contributed by atoms with Gasteiger partial charge in [0, 0.05) is 10.5 Å². The fourth-order valence-corrected chi connectivity index (χ4v) is 2.34. The van der Waals surface area contributed by atoms with Crippen LogP contribution in [0.4, 0.5) is 5.69 Å². The van der Waals surface area contributed by atoms with Crippen molar-refractivity contribution in [3.63, 3.8) is 0 Å². The van der Waals surface area contributed by atoms with Crippen molar-refractivity contribution in [2.75, 3.05) is 0 Å². The number of aromatic nitrogens is 1. The van der Waals surface area contributed by atoms with Gasteiger partial charge < -0.3 is 4.74 Å². The van der Waals surface area contributed by atoms with E-state index in [2.05, 4.69) is 20.9 Å². The second kappa shape index (κ2) is 6.13. The van der Waals surface area contributed by atoms with E-state index in [1.165, 1.54) is 12.1 Å². The summed E-state index contributed by atoms with van der Waals surface area (Å²) in [4.78, 5) is 14.0. The van der Waals surface area contributed by atoms with E-state index in [4.69, 9.17) is 39.5 Å². The molecule has 0 bridgehead atoms. The van der Waals surface area contributed by atoms with Crippen LogP contribution in [0.1, 0.15) is 0 Å². The molecule has 0 N–H and O–H groups in total. The van der Waals surface area contributed by atoms with E-state index in [1.807, 2.05) is 0 Å². The van der Waals surface area contributed by atoms with Gasteiger partial charge in [-0.25, -0.2) is 4.98 Å². The Morgan fingerprint density at radius 1 is 1.15 bits per heavy atom. The average Bonchev–Trinajstić information content (AvgIpc) is 2.35. The number of rotatable bonds is 3. The molecule has 0 saturated heterocycles. The minimum absolute atomic E-state index is 0.0514. The lowest BCUT2D eigenvalue weighted by Crippen LogP contribution is -1.93. The molecule has 0 aliphatic heterocycles. The average molecular weight is 398 g/mol. The van der Waals surface area contributed by atoms with Crippen molar-refractivity contribution in [2.45, 2.75) is 0 Å². The molecule has 0 amide bonds. The third kappa shape index (κ3) is 3.52. The molecule has 2 aromatic rings. The Bertz CT molecular complexity index is 697. The lowest BCUT2D eigenvalue weighted by Gasteiger charge is -2.08. The first-order chi connectivity index (χ1) is 9.36. The summed E-state index contributed by atoms with van der Waals surface area (Å²) < 4.78 is 5.98. The van der Waals surface area contributed by atoms with E-state index in [0.29, 0.717) is 9.50 Å². The van der Waals surface area contributed by atoms with Gasteiger partial charge in [-0.15, -0.1) is 0 Å². The molecule has 20 heavy (non-hydrogen) atoms. The number of nitrogens with zero attached hydrogens (tertiary/aromatic N) is 2. The quantitative estimate of drug-likeness (QED) is 0.296. The van der Waals surface area contributed by atoms with Crippen molar-refractivity contribution < 1.29 is 9.66 Å². The smallest absolute Gasteiger partial charge is 0.277 e. The minimum Gasteiger partial charge on any atom is -0.437 e. The minimum atomic E-state index is -0.601. The largest absolute Gasteiger partial charge is 0.437 e. The van der Waals surface area contributed by atoms with E-state index in [9.17, 15) is 10.1 Å². The second-order valence-electron chi connectivity index (χ2n) is 3.54. The summed E-state index contributed by atoms with van der Waals surface area (Å²) in [6, 6.07) is 5.25. The number of pyridine rings is 1. The Labute approximate surface area is 136 Å². The molecule has 1 aromatic carbocycles. The lowest BCUT2D eigenvalue weighted by atomic mass is 10.3. The number of ether oxygens (including phenoxy) is 1. The molecular formula is C11H4BrCl3N2O3. The lowest BCUT2D eigenvalue weighted by molar-refractivity contribution is -0.385. The normalized spacial score (nSPS) is 10.4. The molecule has 9 heteroatoms. The molecule has 104 valence electrons. The molecular weight excluding hydrogens is 394 g/mol.